The van der Waals surface area contributed by atoms with Gasteiger partial charge in [0, 0.05) is 6.20 Å². The highest BCUT2D eigenvalue weighted by Gasteiger charge is 2.17. The van der Waals surface area contributed by atoms with Crippen LogP contribution < -0.4 is 4.74 Å². The summed E-state index contributed by atoms with van der Waals surface area (Å²) in [6.45, 7) is 0. The number of alkyl halides is 2. The second-order valence-corrected chi connectivity index (χ2v) is 2.77. The van der Waals surface area contributed by atoms with Crippen LogP contribution in [0.3, 0.4) is 0 Å². The maximum Gasteiger partial charge on any atom is 0.270 e. The monoisotopic (exact) mass is 237 g/mol. The van der Waals surface area contributed by atoms with Crippen molar-refractivity contribution in [3.8, 4) is 5.75 Å². The summed E-state index contributed by atoms with van der Waals surface area (Å²) < 4.78 is 29.5. The number of hydrogen-bond acceptors (Lipinski definition) is 2. The molecule has 0 spiro atoms. The van der Waals surface area contributed by atoms with Gasteiger partial charge in [-0.05, 0) is 22.0 Å². The second kappa shape index (κ2) is 3.80. The van der Waals surface area contributed by atoms with Crippen LogP contribution in [-0.4, -0.2) is 12.1 Å². The molecule has 0 aliphatic rings. The summed E-state index contributed by atoms with van der Waals surface area (Å²) in [5, 5.41) is 0. The van der Waals surface area contributed by atoms with E-state index in [1.807, 2.05) is 0 Å². The average molecular weight is 238 g/mol. The summed E-state index contributed by atoms with van der Waals surface area (Å²) in [5.74, 6) is 0.145. The molecule has 2 nitrogen and oxygen atoms in total. The van der Waals surface area contributed by atoms with Gasteiger partial charge in [0.25, 0.3) is 6.43 Å². The molecular weight excluding hydrogens is 232 g/mol. The molecule has 0 aromatic carbocycles. The molecule has 0 aliphatic heterocycles. The number of ether oxygens (including phenoxy) is 1. The Hall–Kier alpha value is -0.710. The summed E-state index contributed by atoms with van der Waals surface area (Å²) >= 11 is 2.92. The number of nitrogens with zero attached hydrogens (tertiary/aromatic N) is 1. The zero-order valence-corrected chi connectivity index (χ0v) is 7.81. The molecule has 0 saturated heterocycles. The molecule has 0 fully saturated rings. The lowest BCUT2D eigenvalue weighted by Gasteiger charge is -2.07. The van der Waals surface area contributed by atoms with Crippen molar-refractivity contribution in [2.24, 2.45) is 0 Å². The van der Waals surface area contributed by atoms with Crippen LogP contribution in [0.25, 0.3) is 0 Å². The van der Waals surface area contributed by atoms with Gasteiger partial charge in [0.2, 0.25) is 0 Å². The summed E-state index contributed by atoms with van der Waals surface area (Å²) in [5.41, 5.74) is -0.208. The second-order valence-electron chi connectivity index (χ2n) is 2.02. The first-order valence-corrected chi connectivity index (χ1v) is 3.92. The van der Waals surface area contributed by atoms with Crippen molar-refractivity contribution < 1.29 is 13.5 Å². The molecule has 66 valence electrons. The molecular formula is C7H6BrF2NO. The minimum Gasteiger partial charge on any atom is -0.496 e. The Morgan fingerprint density at radius 2 is 2.25 bits per heavy atom. The Morgan fingerprint density at radius 3 is 2.67 bits per heavy atom. The fourth-order valence-electron chi connectivity index (χ4n) is 0.807. The van der Waals surface area contributed by atoms with Crippen molar-refractivity contribution in [2.75, 3.05) is 7.11 Å². The van der Waals surface area contributed by atoms with Crippen LogP contribution in [0.4, 0.5) is 8.78 Å². The number of hydrogen-bond donors (Lipinski definition) is 0. The Morgan fingerprint density at radius 1 is 1.58 bits per heavy atom. The predicted molar refractivity (Wildman–Crippen MR) is 43.4 cm³/mol. The first-order chi connectivity index (χ1) is 5.66. The molecule has 1 heterocycles. The largest absolute Gasteiger partial charge is 0.496 e. The van der Waals surface area contributed by atoms with E-state index in [0.717, 1.165) is 0 Å². The zero-order chi connectivity index (χ0) is 9.14. The highest BCUT2D eigenvalue weighted by molar-refractivity contribution is 9.10. The van der Waals surface area contributed by atoms with Crippen molar-refractivity contribution in [1.82, 2.24) is 4.98 Å². The normalized spacial score (nSPS) is 10.4. The lowest BCUT2D eigenvalue weighted by atomic mass is 10.3. The van der Waals surface area contributed by atoms with Gasteiger partial charge in [-0.1, -0.05) is 0 Å². The molecule has 5 heteroatoms. The zero-order valence-electron chi connectivity index (χ0n) is 6.22. The maximum atomic E-state index is 12.3. The van der Waals surface area contributed by atoms with Gasteiger partial charge in [-0.15, -0.1) is 0 Å². The van der Waals surface area contributed by atoms with Crippen LogP contribution in [0, 0.1) is 0 Å². The van der Waals surface area contributed by atoms with Gasteiger partial charge in [0.15, 0.2) is 0 Å². The smallest absolute Gasteiger partial charge is 0.270 e. The van der Waals surface area contributed by atoms with Crippen LogP contribution in [0.1, 0.15) is 12.0 Å². The van der Waals surface area contributed by atoms with Gasteiger partial charge in [0.1, 0.15) is 10.4 Å². The van der Waals surface area contributed by atoms with E-state index in [1.54, 1.807) is 0 Å². The molecule has 0 saturated carbocycles. The molecule has 0 radical (unpaired) electrons. The molecule has 12 heavy (non-hydrogen) atoms. The van der Waals surface area contributed by atoms with Gasteiger partial charge in [-0.25, -0.2) is 13.8 Å². The first-order valence-electron chi connectivity index (χ1n) is 3.13. The third-order valence-corrected chi connectivity index (χ3v) is 1.97. The lowest BCUT2D eigenvalue weighted by Crippen LogP contribution is -1.95. The molecule has 0 aliphatic carbocycles. The topological polar surface area (TPSA) is 22.1 Å². The summed E-state index contributed by atoms with van der Waals surface area (Å²) in [6, 6.07) is 1.40. The highest BCUT2D eigenvalue weighted by atomic mass is 79.9. The van der Waals surface area contributed by atoms with E-state index < -0.39 is 6.43 Å². The van der Waals surface area contributed by atoms with E-state index in [2.05, 4.69) is 20.9 Å². The van der Waals surface area contributed by atoms with Crippen molar-refractivity contribution >= 4 is 15.9 Å². The average Bonchev–Trinajstić information content (AvgIpc) is 2.03. The Balaban J connectivity index is 3.20. The van der Waals surface area contributed by atoms with Crippen LogP contribution in [-0.2, 0) is 0 Å². The van der Waals surface area contributed by atoms with Crippen LogP contribution in [0.5, 0.6) is 5.75 Å². The van der Waals surface area contributed by atoms with Crippen LogP contribution in [0.15, 0.2) is 16.9 Å². The summed E-state index contributed by atoms with van der Waals surface area (Å²) in [6.07, 6.45) is -1.18. The molecule has 0 amide bonds. The minimum absolute atomic E-state index is 0.122. The van der Waals surface area contributed by atoms with Crippen LogP contribution >= 0.6 is 15.9 Å². The third-order valence-electron chi connectivity index (χ3n) is 1.34. The molecule has 0 atom stereocenters. The first kappa shape index (κ1) is 9.38. The van der Waals surface area contributed by atoms with Gasteiger partial charge in [-0.2, -0.15) is 0 Å². The molecule has 1 aromatic rings. The highest BCUT2D eigenvalue weighted by Crippen LogP contribution is 2.33. The van der Waals surface area contributed by atoms with Gasteiger partial charge >= 0.3 is 0 Å². The van der Waals surface area contributed by atoms with Gasteiger partial charge in [-0.3, -0.25) is 0 Å². The van der Waals surface area contributed by atoms with Gasteiger partial charge in [0.05, 0.1) is 12.7 Å². The quantitative estimate of drug-likeness (QED) is 0.739. The fourth-order valence-corrected chi connectivity index (χ4v) is 1.29. The molecule has 0 bridgehead atoms. The SMILES string of the molecule is COc1ccnc(Br)c1C(F)F. The number of halogens is 3. The Labute approximate surface area is 76.7 Å². The van der Waals surface area contributed by atoms with Crippen molar-refractivity contribution in [3.63, 3.8) is 0 Å². The van der Waals surface area contributed by atoms with E-state index >= 15 is 0 Å². The number of rotatable bonds is 2. The van der Waals surface area contributed by atoms with Crippen molar-refractivity contribution in [1.29, 1.82) is 0 Å². The predicted octanol–water partition coefficient (Wildman–Crippen LogP) is 2.79. The minimum atomic E-state index is -2.58. The van der Waals surface area contributed by atoms with Crippen molar-refractivity contribution in [3.05, 3.63) is 22.4 Å². The molecule has 0 N–H and O–H groups in total. The Kier molecular flexibility index (Phi) is 2.97. The lowest BCUT2D eigenvalue weighted by molar-refractivity contribution is 0.145. The third kappa shape index (κ3) is 1.72. The number of pyridine rings is 1. The fraction of sp³-hybridized carbons (Fsp3) is 0.286. The Bertz CT molecular complexity index is 280. The summed E-state index contributed by atoms with van der Waals surface area (Å²) in [7, 11) is 1.34. The van der Waals surface area contributed by atoms with E-state index in [-0.39, 0.29) is 15.9 Å². The van der Waals surface area contributed by atoms with E-state index in [0.29, 0.717) is 0 Å². The molecule has 1 rings (SSSR count). The number of methoxy groups -OCH3 is 1. The van der Waals surface area contributed by atoms with Crippen LogP contribution in [0.2, 0.25) is 0 Å². The van der Waals surface area contributed by atoms with Gasteiger partial charge < -0.3 is 4.74 Å². The standard InChI is InChI=1S/C7H6BrF2NO/c1-12-4-2-3-11-6(8)5(4)7(9)10/h2-3,7H,1H3. The maximum absolute atomic E-state index is 12.3. The molecule has 0 unspecified atom stereocenters. The van der Waals surface area contributed by atoms with E-state index in [9.17, 15) is 8.78 Å². The van der Waals surface area contributed by atoms with E-state index in [4.69, 9.17) is 4.74 Å². The van der Waals surface area contributed by atoms with E-state index in [1.165, 1.54) is 19.4 Å². The molecule has 1 aromatic heterocycles. The summed E-state index contributed by atoms with van der Waals surface area (Å²) in [4.78, 5) is 3.67. The van der Waals surface area contributed by atoms with Crippen molar-refractivity contribution in [2.45, 2.75) is 6.43 Å². The number of aromatic nitrogens is 1.